The van der Waals surface area contributed by atoms with Crippen LogP contribution in [0.5, 0.6) is 0 Å². The molecule has 0 amide bonds. The predicted octanol–water partition coefficient (Wildman–Crippen LogP) is 2.69. The molecule has 29 heavy (non-hydrogen) atoms. The van der Waals surface area contributed by atoms with Gasteiger partial charge in [-0.2, -0.15) is 0 Å². The lowest BCUT2D eigenvalue weighted by Gasteiger charge is -2.36. The number of hydrogen-bond acceptors (Lipinski definition) is 4. The zero-order valence-corrected chi connectivity index (χ0v) is 18.4. The van der Waals surface area contributed by atoms with E-state index in [0.29, 0.717) is 6.04 Å². The third-order valence-corrected chi connectivity index (χ3v) is 6.15. The maximum Gasteiger partial charge on any atom is 0.193 e. The number of morpholine rings is 1. The first kappa shape index (κ1) is 22.1. The van der Waals surface area contributed by atoms with Crippen LogP contribution >= 0.6 is 0 Å². The van der Waals surface area contributed by atoms with E-state index in [1.807, 2.05) is 7.05 Å². The first-order valence-corrected chi connectivity index (χ1v) is 11.0. The highest BCUT2D eigenvalue weighted by atomic mass is 16.5. The van der Waals surface area contributed by atoms with Crippen LogP contribution in [0.15, 0.2) is 29.3 Å². The normalized spacial score (nSPS) is 20.4. The average Bonchev–Trinajstić information content (AvgIpc) is 2.76. The topological polar surface area (TPSA) is 49.3 Å². The third-order valence-electron chi connectivity index (χ3n) is 6.15. The van der Waals surface area contributed by atoms with Gasteiger partial charge in [-0.1, -0.05) is 29.8 Å². The van der Waals surface area contributed by atoms with Crippen molar-refractivity contribution >= 4 is 5.96 Å². The van der Waals surface area contributed by atoms with Gasteiger partial charge in [-0.25, -0.2) is 0 Å². The van der Waals surface area contributed by atoms with Crippen molar-refractivity contribution < 1.29 is 9.47 Å². The highest BCUT2D eigenvalue weighted by Crippen LogP contribution is 2.22. The van der Waals surface area contributed by atoms with Crippen molar-refractivity contribution in [1.29, 1.82) is 0 Å². The molecule has 3 rings (SSSR count). The number of aliphatic imine (C=N–C) groups is 1. The van der Waals surface area contributed by atoms with Crippen molar-refractivity contribution in [2.45, 2.75) is 32.2 Å². The van der Waals surface area contributed by atoms with E-state index in [1.54, 1.807) is 0 Å². The summed E-state index contributed by atoms with van der Waals surface area (Å²) in [5.74, 6) is 1.75. The third kappa shape index (κ3) is 6.69. The molecule has 2 fully saturated rings. The maximum absolute atomic E-state index is 5.58. The summed E-state index contributed by atoms with van der Waals surface area (Å²) in [6, 6.07) is 9.19. The molecule has 1 aromatic carbocycles. The fraction of sp³-hybridized carbons (Fsp3) is 0.696. The molecule has 0 aliphatic carbocycles. The van der Waals surface area contributed by atoms with Crippen molar-refractivity contribution in [1.82, 2.24) is 15.1 Å². The zero-order chi connectivity index (χ0) is 20.5. The lowest BCUT2D eigenvalue weighted by atomic mass is 9.96. The molecule has 0 bridgehead atoms. The summed E-state index contributed by atoms with van der Waals surface area (Å²) >= 11 is 0. The van der Waals surface area contributed by atoms with Crippen LogP contribution in [0.3, 0.4) is 0 Å². The number of benzene rings is 1. The Balaban J connectivity index is 1.58. The second kappa shape index (κ2) is 11.5. The summed E-state index contributed by atoms with van der Waals surface area (Å²) in [5.41, 5.74) is 2.67. The zero-order valence-electron chi connectivity index (χ0n) is 18.4. The molecular weight excluding hydrogens is 364 g/mol. The summed E-state index contributed by atoms with van der Waals surface area (Å²) in [6.45, 7) is 9.42. The Morgan fingerprint density at radius 2 is 1.93 bits per heavy atom. The van der Waals surface area contributed by atoms with Crippen molar-refractivity contribution in [3.05, 3.63) is 35.4 Å². The SMILES string of the molecule is CN=C(NCC(c1cccc(C)c1)N1CCOCC1)N(C)CCC1CCOCC1. The molecule has 2 saturated heterocycles. The van der Waals surface area contributed by atoms with Crippen LogP contribution in [-0.4, -0.2) is 82.5 Å². The molecule has 162 valence electrons. The van der Waals surface area contributed by atoms with Gasteiger partial charge < -0.3 is 19.7 Å². The van der Waals surface area contributed by atoms with E-state index < -0.39 is 0 Å². The minimum Gasteiger partial charge on any atom is -0.381 e. The minimum atomic E-state index is 0.319. The molecule has 6 nitrogen and oxygen atoms in total. The van der Waals surface area contributed by atoms with Gasteiger partial charge in [0.25, 0.3) is 0 Å². The van der Waals surface area contributed by atoms with Gasteiger partial charge in [-0.15, -0.1) is 0 Å². The van der Waals surface area contributed by atoms with Crippen LogP contribution in [0.2, 0.25) is 0 Å². The number of nitrogens with one attached hydrogen (secondary N) is 1. The maximum atomic E-state index is 5.58. The number of ether oxygens (including phenoxy) is 2. The molecule has 1 unspecified atom stereocenters. The van der Waals surface area contributed by atoms with Crippen molar-refractivity contribution in [3.8, 4) is 0 Å². The molecule has 1 atom stereocenters. The van der Waals surface area contributed by atoms with Crippen LogP contribution in [0, 0.1) is 12.8 Å². The second-order valence-corrected chi connectivity index (χ2v) is 8.27. The van der Waals surface area contributed by atoms with Crippen LogP contribution in [-0.2, 0) is 9.47 Å². The van der Waals surface area contributed by atoms with Gasteiger partial charge >= 0.3 is 0 Å². The lowest BCUT2D eigenvalue weighted by molar-refractivity contribution is 0.0169. The molecule has 2 aliphatic rings. The molecule has 2 heterocycles. The van der Waals surface area contributed by atoms with E-state index in [4.69, 9.17) is 9.47 Å². The molecular formula is C23H38N4O2. The van der Waals surface area contributed by atoms with Gasteiger partial charge in [-0.05, 0) is 37.7 Å². The smallest absolute Gasteiger partial charge is 0.193 e. The lowest BCUT2D eigenvalue weighted by Crippen LogP contribution is -2.47. The molecule has 1 aromatic rings. The molecule has 0 radical (unpaired) electrons. The van der Waals surface area contributed by atoms with E-state index in [1.165, 1.54) is 30.4 Å². The van der Waals surface area contributed by atoms with Gasteiger partial charge in [0, 0.05) is 53.5 Å². The Kier molecular flexibility index (Phi) is 8.77. The fourth-order valence-electron chi connectivity index (χ4n) is 4.31. The highest BCUT2D eigenvalue weighted by molar-refractivity contribution is 5.79. The Morgan fingerprint density at radius 1 is 1.21 bits per heavy atom. The van der Waals surface area contributed by atoms with E-state index in [9.17, 15) is 0 Å². The van der Waals surface area contributed by atoms with Crippen molar-refractivity contribution in [3.63, 3.8) is 0 Å². The van der Waals surface area contributed by atoms with Crippen molar-refractivity contribution in [2.24, 2.45) is 10.9 Å². The van der Waals surface area contributed by atoms with Crippen molar-refractivity contribution in [2.75, 3.05) is 66.7 Å². The number of hydrogen-bond donors (Lipinski definition) is 1. The summed E-state index contributed by atoms with van der Waals surface area (Å²) in [6.07, 6.45) is 3.57. The van der Waals surface area contributed by atoms with Crippen LogP contribution in [0.25, 0.3) is 0 Å². The van der Waals surface area contributed by atoms with Crippen LogP contribution in [0.1, 0.15) is 36.4 Å². The molecule has 1 N–H and O–H groups in total. The molecule has 0 aromatic heterocycles. The standard InChI is InChI=1S/C23H38N4O2/c1-19-5-4-6-21(17-19)22(27-11-15-29-16-12-27)18-25-23(24-2)26(3)10-7-20-8-13-28-14-9-20/h4-6,17,20,22H,7-16,18H2,1-3H3,(H,24,25). The quantitative estimate of drug-likeness (QED) is 0.561. The number of aryl methyl sites for hydroxylation is 1. The van der Waals surface area contributed by atoms with Gasteiger partial charge in [0.05, 0.1) is 19.3 Å². The number of rotatable bonds is 7. The molecule has 0 spiro atoms. The largest absolute Gasteiger partial charge is 0.381 e. The Morgan fingerprint density at radius 3 is 2.62 bits per heavy atom. The second-order valence-electron chi connectivity index (χ2n) is 8.27. The minimum absolute atomic E-state index is 0.319. The molecule has 0 saturated carbocycles. The predicted molar refractivity (Wildman–Crippen MR) is 118 cm³/mol. The van der Waals surface area contributed by atoms with Crippen LogP contribution in [0.4, 0.5) is 0 Å². The van der Waals surface area contributed by atoms with Crippen LogP contribution < -0.4 is 5.32 Å². The molecule has 2 aliphatic heterocycles. The first-order chi connectivity index (χ1) is 14.2. The number of nitrogens with zero attached hydrogens (tertiary/aromatic N) is 3. The number of guanidine groups is 1. The fourth-order valence-corrected chi connectivity index (χ4v) is 4.31. The van der Waals surface area contributed by atoms with E-state index >= 15 is 0 Å². The van der Waals surface area contributed by atoms with E-state index in [2.05, 4.69) is 58.3 Å². The Bertz CT molecular complexity index is 640. The monoisotopic (exact) mass is 402 g/mol. The average molecular weight is 403 g/mol. The van der Waals surface area contributed by atoms with E-state index in [0.717, 1.165) is 64.5 Å². The molecule has 6 heteroatoms. The van der Waals surface area contributed by atoms with Gasteiger partial charge in [0.2, 0.25) is 0 Å². The summed E-state index contributed by atoms with van der Waals surface area (Å²) in [7, 11) is 4.02. The highest BCUT2D eigenvalue weighted by Gasteiger charge is 2.23. The van der Waals surface area contributed by atoms with Gasteiger partial charge in [-0.3, -0.25) is 9.89 Å². The Hall–Kier alpha value is -1.63. The summed E-state index contributed by atoms with van der Waals surface area (Å²) < 4.78 is 11.1. The summed E-state index contributed by atoms with van der Waals surface area (Å²) in [4.78, 5) is 9.34. The van der Waals surface area contributed by atoms with E-state index in [-0.39, 0.29) is 0 Å². The van der Waals surface area contributed by atoms with Gasteiger partial charge in [0.1, 0.15) is 0 Å². The summed E-state index contributed by atoms with van der Waals surface area (Å²) in [5, 5.41) is 3.64. The Labute approximate surface area is 176 Å². The first-order valence-electron chi connectivity index (χ1n) is 11.0. The van der Waals surface area contributed by atoms with Gasteiger partial charge in [0.15, 0.2) is 5.96 Å².